The van der Waals surface area contributed by atoms with E-state index in [2.05, 4.69) is 15.6 Å². The van der Waals surface area contributed by atoms with E-state index in [0.29, 0.717) is 17.7 Å². The standard InChI is InChI=1S/C28H35F3N4O2/c1-18(32-2)26(36)34-25(19-8-4-3-5-9-19)27(37)35-13-7-12-24(35)22-14-21(16-33-17-22)20-10-6-11-23(15-20)28(29,30)31/h6,10-11,14-19,24-25,32H,3-5,7-9,12-13H2,1-2H3,(H,34,36)/t18?,24?,25-/m0/s1. The Morgan fingerprint density at radius 1 is 1.03 bits per heavy atom. The number of halogens is 3. The van der Waals surface area contributed by atoms with Crippen molar-refractivity contribution in [2.45, 2.75) is 76.2 Å². The van der Waals surface area contributed by atoms with Crippen LogP contribution in [0, 0.1) is 5.92 Å². The summed E-state index contributed by atoms with van der Waals surface area (Å²) >= 11 is 0. The first-order chi connectivity index (χ1) is 17.7. The molecular weight excluding hydrogens is 481 g/mol. The molecule has 0 radical (unpaired) electrons. The normalized spacial score (nSPS) is 20.5. The SMILES string of the molecule is CNC(C)C(=O)N[C@H](C(=O)N1CCCC1c1cncc(-c2cccc(C(F)(F)F)c2)c1)C1CCCCC1. The van der Waals surface area contributed by atoms with Crippen molar-refractivity contribution in [3.8, 4) is 11.1 Å². The van der Waals surface area contributed by atoms with Gasteiger partial charge in [0.2, 0.25) is 11.8 Å². The third-order valence-corrected chi connectivity index (χ3v) is 7.71. The van der Waals surface area contributed by atoms with E-state index in [1.807, 2.05) is 11.0 Å². The Morgan fingerprint density at radius 3 is 2.49 bits per heavy atom. The zero-order valence-corrected chi connectivity index (χ0v) is 21.4. The molecule has 200 valence electrons. The predicted molar refractivity (Wildman–Crippen MR) is 135 cm³/mol. The average molecular weight is 517 g/mol. The lowest BCUT2D eigenvalue weighted by Gasteiger charge is -2.35. The maximum atomic E-state index is 13.9. The van der Waals surface area contributed by atoms with Gasteiger partial charge in [-0.1, -0.05) is 31.4 Å². The van der Waals surface area contributed by atoms with Gasteiger partial charge in [0.15, 0.2) is 0 Å². The first-order valence-electron chi connectivity index (χ1n) is 13.1. The second-order valence-corrected chi connectivity index (χ2v) is 10.2. The minimum absolute atomic E-state index is 0.0875. The number of carbonyl (C=O) groups excluding carboxylic acids is 2. The number of alkyl halides is 3. The number of nitrogens with zero attached hydrogens (tertiary/aromatic N) is 2. The fourth-order valence-electron chi connectivity index (χ4n) is 5.49. The molecule has 1 aliphatic heterocycles. The molecule has 2 N–H and O–H groups in total. The second-order valence-electron chi connectivity index (χ2n) is 10.2. The zero-order chi connectivity index (χ0) is 26.6. The molecule has 1 aromatic carbocycles. The summed E-state index contributed by atoms with van der Waals surface area (Å²) < 4.78 is 39.7. The van der Waals surface area contributed by atoms with Gasteiger partial charge in [-0.15, -0.1) is 0 Å². The van der Waals surface area contributed by atoms with Gasteiger partial charge in [-0.05, 0) is 74.9 Å². The van der Waals surface area contributed by atoms with E-state index in [1.165, 1.54) is 6.07 Å². The molecule has 2 fully saturated rings. The Balaban J connectivity index is 1.59. The fourth-order valence-corrected chi connectivity index (χ4v) is 5.49. The van der Waals surface area contributed by atoms with Gasteiger partial charge in [0.1, 0.15) is 6.04 Å². The highest BCUT2D eigenvalue weighted by Crippen LogP contribution is 2.37. The Morgan fingerprint density at radius 2 is 1.78 bits per heavy atom. The highest BCUT2D eigenvalue weighted by atomic mass is 19.4. The van der Waals surface area contributed by atoms with Crippen molar-refractivity contribution in [3.63, 3.8) is 0 Å². The van der Waals surface area contributed by atoms with Gasteiger partial charge in [-0.3, -0.25) is 14.6 Å². The third-order valence-electron chi connectivity index (χ3n) is 7.71. The van der Waals surface area contributed by atoms with Crippen LogP contribution in [-0.4, -0.2) is 47.4 Å². The van der Waals surface area contributed by atoms with E-state index in [4.69, 9.17) is 0 Å². The highest BCUT2D eigenvalue weighted by molar-refractivity contribution is 5.90. The Kier molecular flexibility index (Phi) is 8.52. The predicted octanol–water partition coefficient (Wildman–Crippen LogP) is 5.10. The molecular formula is C28H35F3N4O2. The topological polar surface area (TPSA) is 74.3 Å². The summed E-state index contributed by atoms with van der Waals surface area (Å²) in [4.78, 5) is 32.8. The van der Waals surface area contributed by atoms with Crippen LogP contribution in [0.1, 0.15) is 69.0 Å². The van der Waals surface area contributed by atoms with Crippen LogP contribution in [0.5, 0.6) is 0 Å². The minimum atomic E-state index is -4.43. The number of hydrogen-bond acceptors (Lipinski definition) is 4. The van der Waals surface area contributed by atoms with E-state index in [1.54, 1.807) is 32.4 Å². The molecule has 2 heterocycles. The number of hydrogen-bond donors (Lipinski definition) is 2. The van der Waals surface area contributed by atoms with E-state index in [-0.39, 0.29) is 23.8 Å². The molecule has 0 spiro atoms. The zero-order valence-electron chi connectivity index (χ0n) is 21.4. The molecule has 9 heteroatoms. The number of amides is 2. The van der Waals surface area contributed by atoms with Crippen LogP contribution in [0.25, 0.3) is 11.1 Å². The summed E-state index contributed by atoms with van der Waals surface area (Å²) in [6.07, 6.45) is 5.36. The molecule has 2 aromatic rings. The van der Waals surface area contributed by atoms with Crippen LogP contribution in [-0.2, 0) is 15.8 Å². The van der Waals surface area contributed by atoms with E-state index in [0.717, 1.165) is 62.6 Å². The van der Waals surface area contributed by atoms with Crippen LogP contribution >= 0.6 is 0 Å². The van der Waals surface area contributed by atoms with Gasteiger partial charge in [0.25, 0.3) is 0 Å². The number of rotatable bonds is 7. The summed E-state index contributed by atoms with van der Waals surface area (Å²) in [6.45, 7) is 2.33. The molecule has 1 saturated carbocycles. The number of likely N-dealkylation sites (tertiary alicyclic amines) is 1. The first kappa shape index (κ1) is 27.1. The van der Waals surface area contributed by atoms with Crippen molar-refractivity contribution in [2.24, 2.45) is 5.92 Å². The molecule has 6 nitrogen and oxygen atoms in total. The van der Waals surface area contributed by atoms with Gasteiger partial charge < -0.3 is 15.5 Å². The summed E-state index contributed by atoms with van der Waals surface area (Å²) in [5.74, 6) is -0.198. The molecule has 2 unspecified atom stereocenters. The maximum absolute atomic E-state index is 13.9. The molecule has 1 aliphatic carbocycles. The molecule has 1 aromatic heterocycles. The number of nitrogens with one attached hydrogen (secondary N) is 2. The molecule has 4 rings (SSSR count). The van der Waals surface area contributed by atoms with E-state index < -0.39 is 23.8 Å². The lowest BCUT2D eigenvalue weighted by molar-refractivity contribution is -0.139. The van der Waals surface area contributed by atoms with Crippen molar-refractivity contribution in [1.29, 1.82) is 0 Å². The smallest absolute Gasteiger partial charge is 0.343 e. The van der Waals surface area contributed by atoms with Crippen LogP contribution in [0.15, 0.2) is 42.7 Å². The van der Waals surface area contributed by atoms with Crippen molar-refractivity contribution in [3.05, 3.63) is 53.9 Å². The quantitative estimate of drug-likeness (QED) is 0.537. The average Bonchev–Trinajstić information content (AvgIpc) is 3.41. The summed E-state index contributed by atoms with van der Waals surface area (Å²) in [6, 6.07) is 5.77. The molecule has 0 bridgehead atoms. The lowest BCUT2D eigenvalue weighted by atomic mass is 9.83. The molecule has 2 amide bonds. The fraction of sp³-hybridized carbons (Fsp3) is 0.536. The Bertz CT molecular complexity index is 1100. The van der Waals surface area contributed by atoms with Crippen molar-refractivity contribution in [1.82, 2.24) is 20.5 Å². The summed E-state index contributed by atoms with van der Waals surface area (Å²) in [7, 11) is 1.71. The Labute approximate surface area is 216 Å². The summed E-state index contributed by atoms with van der Waals surface area (Å²) in [5.41, 5.74) is 1.07. The summed E-state index contributed by atoms with van der Waals surface area (Å²) in [5, 5.41) is 5.96. The number of pyridine rings is 1. The molecule has 3 atom stereocenters. The molecule has 37 heavy (non-hydrogen) atoms. The van der Waals surface area contributed by atoms with Crippen molar-refractivity contribution >= 4 is 11.8 Å². The Hall–Kier alpha value is -2.94. The third kappa shape index (κ3) is 6.32. The van der Waals surface area contributed by atoms with Gasteiger partial charge in [-0.2, -0.15) is 13.2 Å². The van der Waals surface area contributed by atoms with Crippen molar-refractivity contribution in [2.75, 3.05) is 13.6 Å². The number of likely N-dealkylation sites (N-methyl/N-ethyl adjacent to an activating group) is 1. The maximum Gasteiger partial charge on any atom is 0.416 e. The number of carbonyl (C=O) groups is 2. The van der Waals surface area contributed by atoms with Gasteiger partial charge in [0.05, 0.1) is 17.6 Å². The second kappa shape index (κ2) is 11.6. The highest BCUT2D eigenvalue weighted by Gasteiger charge is 2.39. The van der Waals surface area contributed by atoms with Crippen LogP contribution in [0.4, 0.5) is 13.2 Å². The number of benzene rings is 1. The number of aromatic nitrogens is 1. The van der Waals surface area contributed by atoms with Gasteiger partial charge >= 0.3 is 6.18 Å². The van der Waals surface area contributed by atoms with Crippen LogP contribution < -0.4 is 10.6 Å². The van der Waals surface area contributed by atoms with Gasteiger partial charge in [0, 0.05) is 24.5 Å². The van der Waals surface area contributed by atoms with Crippen molar-refractivity contribution < 1.29 is 22.8 Å². The largest absolute Gasteiger partial charge is 0.416 e. The molecule has 2 aliphatic rings. The monoisotopic (exact) mass is 516 g/mol. The van der Waals surface area contributed by atoms with Crippen LogP contribution in [0.2, 0.25) is 0 Å². The minimum Gasteiger partial charge on any atom is -0.343 e. The van der Waals surface area contributed by atoms with E-state index in [9.17, 15) is 22.8 Å². The van der Waals surface area contributed by atoms with Crippen LogP contribution in [0.3, 0.4) is 0 Å². The van der Waals surface area contributed by atoms with E-state index >= 15 is 0 Å². The van der Waals surface area contributed by atoms with Gasteiger partial charge in [-0.25, -0.2) is 0 Å². The lowest BCUT2D eigenvalue weighted by Crippen LogP contribution is -2.55. The first-order valence-corrected chi connectivity index (χ1v) is 13.1. The molecule has 1 saturated heterocycles.